The molecule has 0 rings (SSSR count). The molecule has 0 radical (unpaired) electrons. The molecular formula is C6H8Br2F3NO. The summed E-state index contributed by atoms with van der Waals surface area (Å²) in [4.78, 5) is 10.3. The van der Waals surface area contributed by atoms with E-state index in [2.05, 4.69) is 31.9 Å². The molecule has 0 saturated heterocycles. The zero-order valence-corrected chi connectivity index (χ0v) is 9.67. The van der Waals surface area contributed by atoms with E-state index in [1.54, 1.807) is 5.32 Å². The van der Waals surface area contributed by atoms with Gasteiger partial charge in [-0.1, -0.05) is 31.9 Å². The first kappa shape index (κ1) is 13.2. The van der Waals surface area contributed by atoms with Crippen molar-refractivity contribution in [1.82, 2.24) is 5.32 Å². The van der Waals surface area contributed by atoms with Crippen LogP contribution in [0.3, 0.4) is 0 Å². The predicted molar refractivity (Wildman–Crippen MR) is 50.2 cm³/mol. The molecule has 0 aromatic heterocycles. The molecule has 0 aliphatic heterocycles. The molecule has 2 nitrogen and oxygen atoms in total. The van der Waals surface area contributed by atoms with Crippen molar-refractivity contribution >= 4 is 37.8 Å². The molecule has 7 heteroatoms. The Labute approximate surface area is 90.5 Å². The Morgan fingerprint density at radius 1 is 1.46 bits per heavy atom. The summed E-state index contributed by atoms with van der Waals surface area (Å²) in [7, 11) is 0. The SMILES string of the molecule is O=C(NCC(F)(F)F)C(Br)CCBr. The maximum absolute atomic E-state index is 11.6. The molecule has 0 aromatic carbocycles. The van der Waals surface area contributed by atoms with E-state index < -0.39 is 23.5 Å². The number of hydrogen-bond donors (Lipinski definition) is 1. The third-order valence-electron chi connectivity index (χ3n) is 1.11. The summed E-state index contributed by atoms with van der Waals surface area (Å²) in [5.41, 5.74) is 0. The first-order valence-corrected chi connectivity index (χ1v) is 5.45. The minimum absolute atomic E-state index is 0.448. The molecule has 13 heavy (non-hydrogen) atoms. The van der Waals surface area contributed by atoms with Crippen molar-refractivity contribution < 1.29 is 18.0 Å². The largest absolute Gasteiger partial charge is 0.405 e. The number of hydrogen-bond acceptors (Lipinski definition) is 1. The average molecular weight is 327 g/mol. The highest BCUT2D eigenvalue weighted by molar-refractivity contribution is 9.10. The minimum atomic E-state index is -4.35. The van der Waals surface area contributed by atoms with Gasteiger partial charge >= 0.3 is 6.18 Å². The highest BCUT2D eigenvalue weighted by atomic mass is 79.9. The Bertz CT molecular complexity index is 174. The van der Waals surface area contributed by atoms with E-state index >= 15 is 0 Å². The molecule has 1 N–H and O–H groups in total. The molecule has 0 saturated carbocycles. The predicted octanol–water partition coefficient (Wildman–Crippen LogP) is 2.21. The van der Waals surface area contributed by atoms with Gasteiger partial charge in [-0.2, -0.15) is 13.2 Å². The summed E-state index contributed by atoms with van der Waals surface area (Å²) < 4.78 is 34.9. The van der Waals surface area contributed by atoms with Crippen LogP contribution < -0.4 is 5.32 Å². The number of amides is 1. The Hall–Kier alpha value is 0.220. The summed E-state index contributed by atoms with van der Waals surface area (Å²) >= 11 is 6.04. The zero-order valence-electron chi connectivity index (χ0n) is 6.50. The normalized spacial score (nSPS) is 13.9. The van der Waals surface area contributed by atoms with Gasteiger partial charge in [-0.25, -0.2) is 0 Å². The van der Waals surface area contributed by atoms with Crippen molar-refractivity contribution in [3.63, 3.8) is 0 Å². The van der Waals surface area contributed by atoms with E-state index in [1.807, 2.05) is 0 Å². The maximum Gasteiger partial charge on any atom is 0.405 e. The lowest BCUT2D eigenvalue weighted by molar-refractivity contribution is -0.138. The van der Waals surface area contributed by atoms with Crippen molar-refractivity contribution in [3.8, 4) is 0 Å². The molecular weight excluding hydrogens is 319 g/mol. The van der Waals surface area contributed by atoms with Gasteiger partial charge in [-0.15, -0.1) is 0 Å². The molecule has 0 fully saturated rings. The molecule has 0 spiro atoms. The van der Waals surface area contributed by atoms with Crippen LogP contribution in [-0.4, -0.2) is 28.8 Å². The van der Waals surface area contributed by atoms with Gasteiger partial charge in [0.2, 0.25) is 5.91 Å². The van der Waals surface area contributed by atoms with E-state index in [9.17, 15) is 18.0 Å². The van der Waals surface area contributed by atoms with Gasteiger partial charge in [0, 0.05) is 5.33 Å². The van der Waals surface area contributed by atoms with Crippen LogP contribution in [0.1, 0.15) is 6.42 Å². The lowest BCUT2D eigenvalue weighted by Gasteiger charge is -2.11. The molecule has 0 aliphatic rings. The molecule has 0 heterocycles. The number of carbonyl (C=O) groups excluding carboxylic acids is 1. The van der Waals surface area contributed by atoms with Crippen LogP contribution in [-0.2, 0) is 4.79 Å². The Morgan fingerprint density at radius 3 is 2.38 bits per heavy atom. The number of halogens is 5. The van der Waals surface area contributed by atoms with Crippen molar-refractivity contribution in [2.45, 2.75) is 17.4 Å². The summed E-state index contributed by atoms with van der Waals surface area (Å²) in [6.07, 6.45) is -3.90. The molecule has 78 valence electrons. The number of rotatable bonds is 4. The number of nitrogens with one attached hydrogen (secondary N) is 1. The van der Waals surface area contributed by atoms with E-state index in [1.165, 1.54) is 0 Å². The quantitative estimate of drug-likeness (QED) is 0.789. The van der Waals surface area contributed by atoms with Gasteiger partial charge in [-0.05, 0) is 6.42 Å². The Morgan fingerprint density at radius 2 is 2.00 bits per heavy atom. The standard InChI is InChI=1S/C6H8Br2F3NO/c7-2-1-4(8)5(13)12-3-6(9,10)11/h4H,1-3H2,(H,12,13). The van der Waals surface area contributed by atoms with E-state index in [-0.39, 0.29) is 0 Å². The molecule has 0 aromatic rings. The van der Waals surface area contributed by atoms with Crippen molar-refractivity contribution in [2.24, 2.45) is 0 Å². The highest BCUT2D eigenvalue weighted by Gasteiger charge is 2.28. The third kappa shape index (κ3) is 7.30. The van der Waals surface area contributed by atoms with E-state index in [4.69, 9.17) is 0 Å². The third-order valence-corrected chi connectivity index (χ3v) is 2.44. The second-order valence-electron chi connectivity index (χ2n) is 2.28. The molecule has 1 unspecified atom stereocenters. The molecule has 0 aliphatic carbocycles. The van der Waals surface area contributed by atoms with Gasteiger partial charge in [0.1, 0.15) is 6.54 Å². The first-order chi connectivity index (χ1) is 5.87. The van der Waals surface area contributed by atoms with Crippen LogP contribution in [0.2, 0.25) is 0 Å². The highest BCUT2D eigenvalue weighted by Crippen LogP contribution is 2.13. The van der Waals surface area contributed by atoms with E-state index in [0.29, 0.717) is 11.8 Å². The molecule has 1 amide bonds. The van der Waals surface area contributed by atoms with Crippen molar-refractivity contribution in [1.29, 1.82) is 0 Å². The monoisotopic (exact) mass is 325 g/mol. The average Bonchev–Trinajstić information content (AvgIpc) is 1.99. The van der Waals surface area contributed by atoms with Gasteiger partial charge in [-0.3, -0.25) is 4.79 Å². The zero-order chi connectivity index (χ0) is 10.5. The lowest BCUT2D eigenvalue weighted by atomic mass is 10.3. The van der Waals surface area contributed by atoms with Crippen LogP contribution in [0, 0.1) is 0 Å². The van der Waals surface area contributed by atoms with Crippen LogP contribution >= 0.6 is 31.9 Å². The van der Waals surface area contributed by atoms with Crippen LogP contribution in [0.25, 0.3) is 0 Å². The van der Waals surface area contributed by atoms with Gasteiger partial charge < -0.3 is 5.32 Å². The van der Waals surface area contributed by atoms with Crippen LogP contribution in [0.4, 0.5) is 13.2 Å². The second kappa shape index (κ2) is 5.85. The van der Waals surface area contributed by atoms with Gasteiger partial charge in [0.05, 0.1) is 4.83 Å². The second-order valence-corrected chi connectivity index (χ2v) is 4.18. The van der Waals surface area contributed by atoms with E-state index in [0.717, 1.165) is 0 Å². The van der Waals surface area contributed by atoms with Gasteiger partial charge in [0.25, 0.3) is 0 Å². The number of carbonyl (C=O) groups is 1. The van der Waals surface area contributed by atoms with Crippen molar-refractivity contribution in [3.05, 3.63) is 0 Å². The summed E-state index contributed by atoms with van der Waals surface area (Å²) in [5.74, 6) is -0.642. The Kier molecular flexibility index (Phi) is 5.95. The minimum Gasteiger partial charge on any atom is -0.346 e. The fourth-order valence-corrected chi connectivity index (χ4v) is 1.99. The summed E-state index contributed by atoms with van der Waals surface area (Å²) in [5, 5.41) is 2.33. The molecule has 0 bridgehead atoms. The Balaban J connectivity index is 3.74. The lowest BCUT2D eigenvalue weighted by Crippen LogP contribution is -2.38. The fourth-order valence-electron chi connectivity index (χ4n) is 0.525. The van der Waals surface area contributed by atoms with Crippen molar-refractivity contribution in [2.75, 3.05) is 11.9 Å². The summed E-state index contributed by atoms with van der Waals surface area (Å²) in [6, 6.07) is 0. The van der Waals surface area contributed by atoms with Gasteiger partial charge in [0.15, 0.2) is 0 Å². The smallest absolute Gasteiger partial charge is 0.346 e. The topological polar surface area (TPSA) is 29.1 Å². The summed E-state index contributed by atoms with van der Waals surface area (Å²) in [6.45, 7) is -1.28. The fraction of sp³-hybridized carbons (Fsp3) is 0.833. The maximum atomic E-state index is 11.6. The first-order valence-electron chi connectivity index (χ1n) is 3.41. The van der Waals surface area contributed by atoms with Crippen LogP contribution in [0.5, 0.6) is 0 Å². The molecule has 1 atom stereocenters. The number of alkyl halides is 5. The van der Waals surface area contributed by atoms with Crippen LogP contribution in [0.15, 0.2) is 0 Å².